The molecule has 0 radical (unpaired) electrons. The first-order valence-corrected chi connectivity index (χ1v) is 23.6. The van der Waals surface area contributed by atoms with Gasteiger partial charge in [-0.1, -0.05) is 60.7 Å². The second kappa shape index (κ2) is 15.4. The van der Waals surface area contributed by atoms with E-state index in [0.717, 1.165) is 30.8 Å². The van der Waals surface area contributed by atoms with E-state index in [-0.39, 0.29) is 32.6 Å². The normalized spacial score (nSPS) is 12.0. The van der Waals surface area contributed by atoms with Crippen LogP contribution in [0.1, 0.15) is 5.56 Å². The Morgan fingerprint density at radius 2 is 1.31 bits per heavy atom. The number of hydrogen-bond donors (Lipinski definition) is 5. The van der Waals surface area contributed by atoms with E-state index in [0.29, 0.717) is 48.6 Å². The number of aromatic amines is 1. The smallest absolute Gasteiger partial charge is 0.326 e. The number of rotatable bonds is 8. The van der Waals surface area contributed by atoms with Gasteiger partial charge in [-0.2, -0.15) is 8.42 Å². The van der Waals surface area contributed by atoms with E-state index < -0.39 is 32.1 Å². The average Bonchev–Trinajstić information content (AvgIpc) is 4.06. The number of H-pyrrole nitrogens is 1. The van der Waals surface area contributed by atoms with Crippen molar-refractivity contribution < 1.29 is 36.4 Å². The largest absolute Gasteiger partial charge is 0.494 e. The van der Waals surface area contributed by atoms with Gasteiger partial charge in [0, 0.05) is 16.3 Å². The number of aromatic nitrogens is 4. The summed E-state index contributed by atoms with van der Waals surface area (Å²) in [5.74, 6) is -0.817. The van der Waals surface area contributed by atoms with Crippen molar-refractivity contribution in [1.29, 1.82) is 0 Å². The van der Waals surface area contributed by atoms with Crippen molar-refractivity contribution in [2.45, 2.75) is 9.96 Å². The van der Waals surface area contributed by atoms with Crippen molar-refractivity contribution in [3.8, 4) is 32.9 Å². The van der Waals surface area contributed by atoms with Crippen LogP contribution in [-0.2, 0) is 25.9 Å². The number of fused-ring (bicyclic) bond motifs is 4. The molecule has 0 unspecified atom stereocenters. The van der Waals surface area contributed by atoms with Crippen LogP contribution in [0.2, 0.25) is 0 Å². The van der Waals surface area contributed by atoms with Crippen LogP contribution in [-0.4, -0.2) is 57.2 Å². The second-order valence-electron chi connectivity index (χ2n) is 13.5. The standard InChI is InChI=1S/C38H26N6O5S3.C4H4O3S2/c39-38(47)43-29-17-15-23(19-25(29)33(37(43)46)36-42-28-11-5-7-13-31(28)51-36)44(52(48,49)20-21-8-2-1-3-9-21)22-14-16-26-24(18-22)32(34(45)40-26)35-41-27-10-4-6-12-30(27)50-35;5-9(6,7)4-2-1-3-8-4/h1-19,40,45-46H,20H2,(H2,39,47);1-3H,(H,5,6,7). The van der Waals surface area contributed by atoms with Crippen LogP contribution in [0.5, 0.6) is 11.8 Å². The third-order valence-corrected chi connectivity index (χ3v) is 15.6. The maximum absolute atomic E-state index is 14.6. The van der Waals surface area contributed by atoms with Gasteiger partial charge in [0.15, 0.2) is 5.88 Å². The van der Waals surface area contributed by atoms with E-state index in [4.69, 9.17) is 20.3 Å². The molecule has 0 fully saturated rings. The topological polar surface area (TPSA) is 222 Å². The molecule has 0 bridgehead atoms. The van der Waals surface area contributed by atoms with Crippen LogP contribution >= 0.6 is 34.0 Å². The number of sulfonamides is 1. The Hall–Kier alpha value is -6.61. The summed E-state index contributed by atoms with van der Waals surface area (Å²) in [4.78, 5) is 25.1. The van der Waals surface area contributed by atoms with Crippen molar-refractivity contribution >= 4 is 114 Å². The van der Waals surface area contributed by atoms with Gasteiger partial charge < -0.3 is 20.9 Å². The second-order valence-corrected chi connectivity index (χ2v) is 20.0. The maximum Gasteiger partial charge on any atom is 0.326 e. The predicted octanol–water partition coefficient (Wildman–Crippen LogP) is 9.68. The zero-order chi connectivity index (χ0) is 42.6. The van der Waals surface area contributed by atoms with E-state index in [1.54, 1.807) is 72.1 Å². The molecule has 1 amide bonds. The number of nitrogens with one attached hydrogen (secondary N) is 1. The first-order valence-electron chi connectivity index (χ1n) is 18.1. The Morgan fingerprint density at radius 3 is 1.89 bits per heavy atom. The number of carbonyl (C=O) groups is 1. The van der Waals surface area contributed by atoms with E-state index in [9.17, 15) is 31.8 Å². The minimum Gasteiger partial charge on any atom is -0.494 e. The molecule has 0 saturated heterocycles. The summed E-state index contributed by atoms with van der Waals surface area (Å²) >= 11 is 3.74. The van der Waals surface area contributed by atoms with Crippen LogP contribution in [0.4, 0.5) is 16.2 Å². The molecular weight excluding hydrogens is 877 g/mol. The highest BCUT2D eigenvalue weighted by molar-refractivity contribution is 7.92. The molecule has 6 N–H and O–H groups in total. The fraction of sp³-hybridized carbons (Fsp3) is 0.0238. The molecule has 0 aliphatic carbocycles. The third kappa shape index (κ3) is 7.47. The third-order valence-electron chi connectivity index (χ3n) is 9.61. The Labute approximate surface area is 358 Å². The van der Waals surface area contributed by atoms with Crippen molar-refractivity contribution in [2.24, 2.45) is 5.73 Å². The number of primary amides is 1. The first kappa shape index (κ1) is 39.8. The van der Waals surface area contributed by atoms with Gasteiger partial charge in [0.05, 0.1) is 54.2 Å². The number of para-hydroxylation sites is 2. The Balaban J connectivity index is 0.000000472. The molecular formula is C42H30N6O8S5. The van der Waals surface area contributed by atoms with Gasteiger partial charge in [-0.15, -0.1) is 34.0 Å². The number of thiazole rings is 2. The van der Waals surface area contributed by atoms with E-state index in [1.165, 1.54) is 33.0 Å². The number of aromatic hydroxyl groups is 2. The van der Waals surface area contributed by atoms with Crippen LogP contribution in [0.15, 0.2) is 137 Å². The Morgan fingerprint density at radius 1 is 0.721 bits per heavy atom. The van der Waals surface area contributed by atoms with Crippen molar-refractivity contribution in [2.75, 3.05) is 4.31 Å². The number of carbonyl (C=O) groups excluding carboxylic acids is 1. The van der Waals surface area contributed by atoms with Gasteiger partial charge in [0.2, 0.25) is 15.9 Å². The minimum absolute atomic E-state index is 0.0116. The summed E-state index contributed by atoms with van der Waals surface area (Å²) in [5, 5.41) is 26.1. The van der Waals surface area contributed by atoms with E-state index in [1.807, 2.05) is 54.6 Å². The minimum atomic E-state index is -4.15. The molecule has 10 aromatic rings. The molecule has 5 heterocycles. The fourth-order valence-corrected chi connectivity index (χ4v) is 12.0. The molecule has 306 valence electrons. The molecule has 0 spiro atoms. The highest BCUT2D eigenvalue weighted by atomic mass is 32.3. The Kier molecular flexibility index (Phi) is 10.1. The maximum atomic E-state index is 14.6. The highest BCUT2D eigenvalue weighted by Gasteiger charge is 2.30. The van der Waals surface area contributed by atoms with Crippen molar-refractivity contribution in [1.82, 2.24) is 19.5 Å². The zero-order valence-corrected chi connectivity index (χ0v) is 35.3. The SMILES string of the molecule is NC(=O)n1c(O)c(-c2nc3ccccc3s2)c2cc(N(c3ccc4[nH]c(O)c(-c5nc6ccccc6s5)c4c3)S(=O)(=O)Cc3ccccc3)ccc21.O=S(=O)(O)c1cccs1. The van der Waals surface area contributed by atoms with E-state index >= 15 is 0 Å². The summed E-state index contributed by atoms with van der Waals surface area (Å²) in [6.45, 7) is 0. The molecule has 0 saturated carbocycles. The number of nitrogens with two attached hydrogens (primary N) is 1. The molecule has 0 aliphatic heterocycles. The summed E-state index contributed by atoms with van der Waals surface area (Å²) in [5.41, 5.74) is 9.93. The van der Waals surface area contributed by atoms with Gasteiger partial charge >= 0.3 is 16.1 Å². The molecule has 5 aromatic carbocycles. The number of anilines is 2. The molecule has 19 heteroatoms. The summed E-state index contributed by atoms with van der Waals surface area (Å²) < 4.78 is 62.2. The average molecular weight is 907 g/mol. The van der Waals surface area contributed by atoms with Gasteiger partial charge in [0.1, 0.15) is 14.2 Å². The molecule has 61 heavy (non-hydrogen) atoms. The van der Waals surface area contributed by atoms with Gasteiger partial charge in [0.25, 0.3) is 0 Å². The lowest BCUT2D eigenvalue weighted by Crippen LogP contribution is -2.27. The van der Waals surface area contributed by atoms with Gasteiger partial charge in [-0.3, -0.25) is 4.55 Å². The molecule has 14 nitrogen and oxygen atoms in total. The van der Waals surface area contributed by atoms with Gasteiger partial charge in [-0.25, -0.2) is 32.1 Å². The van der Waals surface area contributed by atoms with Crippen LogP contribution < -0.4 is 10.0 Å². The van der Waals surface area contributed by atoms with Crippen molar-refractivity contribution in [3.05, 3.63) is 138 Å². The number of amides is 1. The lowest BCUT2D eigenvalue weighted by atomic mass is 10.1. The summed E-state index contributed by atoms with van der Waals surface area (Å²) in [6.07, 6.45) is 0. The number of thiophene rings is 1. The van der Waals surface area contributed by atoms with E-state index in [2.05, 4.69) is 4.98 Å². The molecule has 10 rings (SSSR count). The fourth-order valence-electron chi connectivity index (χ4n) is 7.02. The number of benzene rings is 5. The molecule has 0 atom stereocenters. The van der Waals surface area contributed by atoms with Crippen LogP contribution in [0.3, 0.4) is 0 Å². The van der Waals surface area contributed by atoms with Gasteiger partial charge in [-0.05, 0) is 77.7 Å². The highest BCUT2D eigenvalue weighted by Crippen LogP contribution is 2.46. The number of nitrogens with zero attached hydrogens (tertiary/aromatic N) is 4. The van der Waals surface area contributed by atoms with Crippen LogP contribution in [0.25, 0.3) is 63.4 Å². The van der Waals surface area contributed by atoms with Crippen molar-refractivity contribution in [3.63, 3.8) is 0 Å². The quantitative estimate of drug-likeness (QED) is 0.0908. The zero-order valence-electron chi connectivity index (χ0n) is 31.2. The Bertz CT molecular complexity index is 3460. The number of hydrogen-bond acceptors (Lipinski definition) is 12. The lowest BCUT2D eigenvalue weighted by Gasteiger charge is -2.25. The summed E-state index contributed by atoms with van der Waals surface area (Å²) in [6, 6.07) is 35.8. The summed E-state index contributed by atoms with van der Waals surface area (Å²) in [7, 11) is -8.09. The lowest BCUT2D eigenvalue weighted by molar-refractivity contribution is 0.248. The monoisotopic (exact) mass is 906 g/mol. The first-order chi connectivity index (χ1) is 29.3. The predicted molar refractivity (Wildman–Crippen MR) is 241 cm³/mol. The van der Waals surface area contributed by atoms with Crippen LogP contribution in [0, 0.1) is 0 Å². The molecule has 0 aliphatic rings. The molecule has 5 aromatic heterocycles.